The Morgan fingerprint density at radius 1 is 1.35 bits per heavy atom. The number of hydrogen-bond acceptors (Lipinski definition) is 6. The van der Waals surface area contributed by atoms with E-state index in [1.54, 1.807) is 20.2 Å². The van der Waals surface area contributed by atoms with E-state index >= 15 is 0 Å². The third-order valence-electron chi connectivity index (χ3n) is 4.84. The predicted octanol–water partition coefficient (Wildman–Crippen LogP) is 2.21. The number of anilines is 2. The minimum absolute atomic E-state index is 0.0369. The number of nitrogens with two attached hydrogens (primary N) is 1. The lowest BCUT2D eigenvalue weighted by Crippen LogP contribution is -2.35. The number of amides is 1. The van der Waals surface area contributed by atoms with E-state index < -0.39 is 0 Å². The average molecular weight is 420 g/mol. The van der Waals surface area contributed by atoms with E-state index in [0.29, 0.717) is 37.1 Å². The van der Waals surface area contributed by atoms with E-state index in [1.165, 1.54) is 0 Å². The predicted molar refractivity (Wildman–Crippen MR) is 125 cm³/mol. The van der Waals surface area contributed by atoms with Gasteiger partial charge in [-0.1, -0.05) is 18.1 Å². The fraction of sp³-hybridized carbons (Fsp3) is 0.348. The number of imidazole rings is 1. The monoisotopic (exact) mass is 419 g/mol. The number of carbonyl (C=O) groups is 1. The fourth-order valence-electron chi connectivity index (χ4n) is 3.46. The summed E-state index contributed by atoms with van der Waals surface area (Å²) in [5, 5.41) is 7.09. The van der Waals surface area contributed by atoms with Crippen molar-refractivity contribution in [1.82, 2.24) is 19.9 Å². The van der Waals surface area contributed by atoms with E-state index in [1.807, 2.05) is 53.8 Å². The van der Waals surface area contributed by atoms with Crippen LogP contribution in [0.25, 0.3) is 10.9 Å². The van der Waals surface area contributed by atoms with Gasteiger partial charge in [0.05, 0.1) is 12.1 Å². The van der Waals surface area contributed by atoms with Crippen molar-refractivity contribution in [3.63, 3.8) is 0 Å². The summed E-state index contributed by atoms with van der Waals surface area (Å²) in [5.41, 5.74) is 8.33. The first-order valence-corrected chi connectivity index (χ1v) is 10.2. The molecule has 0 aliphatic rings. The maximum Gasteiger partial charge on any atom is 0.272 e. The third-order valence-corrected chi connectivity index (χ3v) is 4.84. The zero-order valence-corrected chi connectivity index (χ0v) is 18.4. The summed E-state index contributed by atoms with van der Waals surface area (Å²) in [7, 11) is 3.66. The van der Waals surface area contributed by atoms with Crippen LogP contribution in [0.5, 0.6) is 0 Å². The summed E-state index contributed by atoms with van der Waals surface area (Å²) in [6.07, 6.45) is 1.77. The van der Waals surface area contributed by atoms with Crippen LogP contribution in [0.2, 0.25) is 0 Å². The second-order valence-corrected chi connectivity index (χ2v) is 7.44. The molecule has 31 heavy (non-hydrogen) atoms. The molecule has 0 spiro atoms. The molecule has 8 heteroatoms. The molecule has 0 saturated heterocycles. The van der Waals surface area contributed by atoms with Crippen molar-refractivity contribution in [3.05, 3.63) is 47.8 Å². The molecule has 1 amide bonds. The van der Waals surface area contributed by atoms with Crippen LogP contribution in [0.1, 0.15) is 29.9 Å². The molecular weight excluding hydrogens is 390 g/mol. The number of nitrogens with zero attached hydrogens (tertiary/aromatic N) is 4. The number of aromatic nitrogens is 3. The summed E-state index contributed by atoms with van der Waals surface area (Å²) in [6.45, 7) is 5.06. The molecular formula is C23H29N7O. The van der Waals surface area contributed by atoms with E-state index in [0.717, 1.165) is 16.5 Å². The van der Waals surface area contributed by atoms with Gasteiger partial charge in [-0.05, 0) is 37.6 Å². The summed E-state index contributed by atoms with van der Waals surface area (Å²) >= 11 is 0. The van der Waals surface area contributed by atoms with Crippen molar-refractivity contribution in [2.45, 2.75) is 33.0 Å². The lowest BCUT2D eigenvalue weighted by Gasteiger charge is -2.21. The van der Waals surface area contributed by atoms with Gasteiger partial charge in [-0.3, -0.25) is 14.3 Å². The van der Waals surface area contributed by atoms with Gasteiger partial charge in [0.1, 0.15) is 0 Å². The molecule has 162 valence electrons. The van der Waals surface area contributed by atoms with Crippen LogP contribution in [0.3, 0.4) is 0 Å². The highest BCUT2D eigenvalue weighted by molar-refractivity contribution is 5.98. The molecule has 8 nitrogen and oxygen atoms in total. The molecule has 2 aromatic heterocycles. The van der Waals surface area contributed by atoms with Crippen LogP contribution in [0.15, 0.2) is 36.5 Å². The Balaban J connectivity index is 1.88. The molecule has 1 unspecified atom stereocenters. The Morgan fingerprint density at radius 3 is 2.87 bits per heavy atom. The van der Waals surface area contributed by atoms with Crippen LogP contribution >= 0.6 is 0 Å². The van der Waals surface area contributed by atoms with Crippen molar-refractivity contribution >= 4 is 28.6 Å². The topological polar surface area (TPSA) is 101 Å². The van der Waals surface area contributed by atoms with Gasteiger partial charge < -0.3 is 21.3 Å². The van der Waals surface area contributed by atoms with E-state index in [4.69, 9.17) is 5.73 Å². The lowest BCUT2D eigenvalue weighted by molar-refractivity contribution is 0.0943. The number of benzene rings is 1. The van der Waals surface area contributed by atoms with Crippen LogP contribution in [0, 0.1) is 11.8 Å². The van der Waals surface area contributed by atoms with Gasteiger partial charge in [-0.15, -0.1) is 5.92 Å². The minimum Gasteiger partial charge on any atom is -0.371 e. The van der Waals surface area contributed by atoms with Gasteiger partial charge in [-0.25, -0.2) is 0 Å². The van der Waals surface area contributed by atoms with Crippen molar-refractivity contribution in [1.29, 1.82) is 0 Å². The van der Waals surface area contributed by atoms with E-state index in [9.17, 15) is 4.79 Å². The number of nitrogens with one attached hydrogen (secondary N) is 2. The van der Waals surface area contributed by atoms with Crippen molar-refractivity contribution < 1.29 is 4.79 Å². The van der Waals surface area contributed by atoms with Gasteiger partial charge in [0.2, 0.25) is 5.95 Å². The number of carbonyl (C=O) groups excluding carboxylic acids is 1. The summed E-state index contributed by atoms with van der Waals surface area (Å²) in [6, 6.07) is 9.82. The second kappa shape index (κ2) is 9.96. The first kappa shape index (κ1) is 22.1. The number of fused-ring (bicyclic) bond motifs is 1. The molecule has 0 aliphatic heterocycles. The molecule has 3 aromatic rings. The van der Waals surface area contributed by atoms with Gasteiger partial charge in [0.25, 0.3) is 5.91 Å². The Kier molecular flexibility index (Phi) is 7.11. The van der Waals surface area contributed by atoms with Crippen molar-refractivity contribution in [2.75, 3.05) is 30.9 Å². The van der Waals surface area contributed by atoms with Gasteiger partial charge >= 0.3 is 0 Å². The zero-order valence-electron chi connectivity index (χ0n) is 18.4. The Bertz CT molecular complexity index is 1120. The molecule has 0 radical (unpaired) electrons. The largest absolute Gasteiger partial charge is 0.371 e. The highest BCUT2D eigenvalue weighted by atomic mass is 16.2. The Hall–Kier alpha value is -3.57. The van der Waals surface area contributed by atoms with Crippen molar-refractivity contribution in [3.8, 4) is 11.8 Å². The molecule has 1 atom stereocenters. The quantitative estimate of drug-likeness (QED) is 0.484. The van der Waals surface area contributed by atoms with Gasteiger partial charge in [-0.2, -0.15) is 4.98 Å². The summed E-state index contributed by atoms with van der Waals surface area (Å²) in [4.78, 5) is 24.1. The standard InChI is InChI=1S/C23H29N7O/c1-5-6-12-30-20(21(25-3)28-23(30)29(4)15-16(2)24)22(31)27-14-17-9-10-19-18(13-17)8-7-11-26-19/h7-11,13,16,25H,12,14-15,24H2,1-4H3,(H,27,31). The molecule has 2 heterocycles. The number of likely N-dealkylation sites (N-methyl/N-ethyl adjacent to an activating group) is 1. The fourth-order valence-corrected chi connectivity index (χ4v) is 3.46. The first-order chi connectivity index (χ1) is 14.9. The van der Waals surface area contributed by atoms with Gasteiger partial charge in [0, 0.05) is 44.8 Å². The van der Waals surface area contributed by atoms with Crippen molar-refractivity contribution in [2.24, 2.45) is 5.73 Å². The normalized spacial score (nSPS) is 11.5. The van der Waals surface area contributed by atoms with E-state index in [-0.39, 0.29) is 11.9 Å². The first-order valence-electron chi connectivity index (χ1n) is 10.2. The smallest absolute Gasteiger partial charge is 0.272 e. The molecule has 0 bridgehead atoms. The molecule has 1 aromatic carbocycles. The molecule has 3 rings (SSSR count). The molecule has 0 fully saturated rings. The molecule has 0 aliphatic carbocycles. The van der Waals surface area contributed by atoms with Crippen LogP contribution in [-0.2, 0) is 13.1 Å². The zero-order chi connectivity index (χ0) is 22.4. The molecule has 0 saturated carbocycles. The third kappa shape index (κ3) is 5.13. The number of hydrogen-bond donors (Lipinski definition) is 3. The van der Waals surface area contributed by atoms with Crippen LogP contribution < -0.4 is 21.3 Å². The maximum absolute atomic E-state index is 13.2. The SMILES string of the molecule is CC#CCn1c(N(C)CC(C)N)nc(NC)c1C(=O)NCc1ccc2ncccc2c1. The van der Waals surface area contributed by atoms with Crippen LogP contribution in [-0.4, -0.2) is 47.1 Å². The summed E-state index contributed by atoms with van der Waals surface area (Å²) < 4.78 is 1.82. The number of pyridine rings is 1. The van der Waals surface area contributed by atoms with Crippen LogP contribution in [0.4, 0.5) is 11.8 Å². The Morgan fingerprint density at radius 2 is 2.16 bits per heavy atom. The Labute approximate surface area is 182 Å². The summed E-state index contributed by atoms with van der Waals surface area (Å²) in [5.74, 6) is 6.86. The van der Waals surface area contributed by atoms with E-state index in [2.05, 4.69) is 32.4 Å². The highest BCUT2D eigenvalue weighted by Crippen LogP contribution is 2.23. The van der Waals surface area contributed by atoms with Gasteiger partial charge in [0.15, 0.2) is 11.5 Å². The highest BCUT2D eigenvalue weighted by Gasteiger charge is 2.24. The average Bonchev–Trinajstić information content (AvgIpc) is 3.14. The lowest BCUT2D eigenvalue weighted by atomic mass is 10.1. The minimum atomic E-state index is -0.221. The maximum atomic E-state index is 13.2. The second-order valence-electron chi connectivity index (χ2n) is 7.44. The number of rotatable bonds is 8. The molecule has 4 N–H and O–H groups in total.